The highest BCUT2D eigenvalue weighted by atomic mass is 16.3. The van der Waals surface area contributed by atoms with Crippen molar-refractivity contribution in [3.05, 3.63) is 29.8 Å². The van der Waals surface area contributed by atoms with E-state index in [2.05, 4.69) is 11.8 Å². The predicted molar refractivity (Wildman–Crippen MR) is 80.4 cm³/mol. The van der Waals surface area contributed by atoms with Gasteiger partial charge in [0.05, 0.1) is 12.0 Å². The van der Waals surface area contributed by atoms with Gasteiger partial charge in [0.15, 0.2) is 0 Å². The molecule has 0 aliphatic carbocycles. The molecule has 1 saturated heterocycles. The van der Waals surface area contributed by atoms with Gasteiger partial charge in [0.1, 0.15) is 0 Å². The third-order valence-corrected chi connectivity index (χ3v) is 4.28. The maximum atomic E-state index is 11.5. The predicted octanol–water partition coefficient (Wildman–Crippen LogP) is 2.22. The van der Waals surface area contributed by atoms with E-state index >= 15 is 0 Å². The highest BCUT2D eigenvalue weighted by Crippen LogP contribution is 2.33. The van der Waals surface area contributed by atoms with Crippen LogP contribution in [0.4, 0.5) is 5.69 Å². The zero-order valence-corrected chi connectivity index (χ0v) is 12.2. The van der Waals surface area contributed by atoms with Gasteiger partial charge in [-0.2, -0.15) is 0 Å². The number of nitrogens with two attached hydrogens (primary N) is 1. The van der Waals surface area contributed by atoms with Crippen LogP contribution in [0.25, 0.3) is 0 Å². The first-order valence-corrected chi connectivity index (χ1v) is 7.37. The third-order valence-electron chi connectivity index (χ3n) is 4.28. The molecule has 1 aromatic carbocycles. The van der Waals surface area contributed by atoms with E-state index in [9.17, 15) is 9.90 Å². The van der Waals surface area contributed by atoms with E-state index in [0.29, 0.717) is 19.0 Å². The number of hydrogen-bond acceptors (Lipinski definition) is 3. The van der Waals surface area contributed by atoms with E-state index in [-0.39, 0.29) is 11.8 Å². The summed E-state index contributed by atoms with van der Waals surface area (Å²) in [5, 5.41) is 10.2. The van der Waals surface area contributed by atoms with Gasteiger partial charge >= 0.3 is 0 Å². The number of carbonyl (C=O) groups excluding carboxylic acids is 1. The van der Waals surface area contributed by atoms with Gasteiger partial charge in [-0.3, -0.25) is 4.79 Å². The molecule has 0 aromatic heterocycles. The van der Waals surface area contributed by atoms with Crippen molar-refractivity contribution in [3.63, 3.8) is 0 Å². The summed E-state index contributed by atoms with van der Waals surface area (Å²) in [5.74, 6) is -0.326. The highest BCUT2D eigenvalue weighted by molar-refractivity contribution is 5.78. The molecule has 0 bridgehead atoms. The van der Waals surface area contributed by atoms with E-state index in [1.54, 1.807) is 0 Å². The van der Waals surface area contributed by atoms with Crippen LogP contribution in [0.3, 0.4) is 0 Å². The fraction of sp³-hybridized carbons (Fsp3) is 0.562. The van der Waals surface area contributed by atoms with Gasteiger partial charge in [-0.1, -0.05) is 25.1 Å². The first-order chi connectivity index (χ1) is 9.54. The Morgan fingerprint density at radius 3 is 2.80 bits per heavy atom. The minimum Gasteiger partial charge on any atom is -0.388 e. The molecular weight excluding hydrogens is 252 g/mol. The van der Waals surface area contributed by atoms with Gasteiger partial charge in [-0.15, -0.1) is 0 Å². The molecule has 20 heavy (non-hydrogen) atoms. The molecule has 0 radical (unpaired) electrons. The van der Waals surface area contributed by atoms with Crippen LogP contribution in [-0.4, -0.2) is 23.6 Å². The largest absolute Gasteiger partial charge is 0.388 e. The van der Waals surface area contributed by atoms with Crippen molar-refractivity contribution < 1.29 is 9.90 Å². The number of piperidine rings is 1. The van der Waals surface area contributed by atoms with Gasteiger partial charge < -0.3 is 15.7 Å². The van der Waals surface area contributed by atoms with Crippen LogP contribution in [0.15, 0.2) is 24.3 Å². The lowest BCUT2D eigenvalue weighted by atomic mass is 9.91. The number of primary amides is 1. The minimum absolute atomic E-state index is 0.0991. The molecule has 1 fully saturated rings. The summed E-state index contributed by atoms with van der Waals surface area (Å²) in [4.78, 5) is 13.7. The molecule has 1 heterocycles. The zero-order valence-electron chi connectivity index (χ0n) is 12.2. The fourth-order valence-electron chi connectivity index (χ4n) is 2.93. The summed E-state index contributed by atoms with van der Waals surface area (Å²) in [6.07, 6.45) is 2.01. The number of para-hydroxylation sites is 1. The second-order valence-corrected chi connectivity index (χ2v) is 5.66. The van der Waals surface area contributed by atoms with Crippen molar-refractivity contribution in [2.45, 2.75) is 45.3 Å². The molecule has 3 atom stereocenters. The molecule has 1 aliphatic heterocycles. The Balaban J connectivity index is 2.31. The normalized spacial score (nSPS) is 24.4. The van der Waals surface area contributed by atoms with E-state index in [4.69, 9.17) is 5.73 Å². The molecule has 4 nitrogen and oxygen atoms in total. The van der Waals surface area contributed by atoms with Gasteiger partial charge in [0.2, 0.25) is 5.91 Å². The van der Waals surface area contributed by atoms with Crippen LogP contribution >= 0.6 is 0 Å². The summed E-state index contributed by atoms with van der Waals surface area (Å²) in [6, 6.07) is 8.26. The monoisotopic (exact) mass is 276 g/mol. The zero-order chi connectivity index (χ0) is 14.7. The summed E-state index contributed by atoms with van der Waals surface area (Å²) in [7, 11) is 0. The lowest BCUT2D eigenvalue weighted by Crippen LogP contribution is -2.46. The van der Waals surface area contributed by atoms with Gasteiger partial charge in [-0.05, 0) is 32.3 Å². The van der Waals surface area contributed by atoms with E-state index in [1.165, 1.54) is 0 Å². The van der Waals surface area contributed by atoms with Crippen LogP contribution in [-0.2, 0) is 4.79 Å². The van der Waals surface area contributed by atoms with E-state index in [0.717, 1.165) is 24.1 Å². The number of aliphatic hydroxyl groups is 1. The first-order valence-electron chi connectivity index (χ1n) is 7.37. The Kier molecular flexibility index (Phi) is 4.65. The summed E-state index contributed by atoms with van der Waals surface area (Å²) >= 11 is 0. The quantitative estimate of drug-likeness (QED) is 0.886. The van der Waals surface area contributed by atoms with Crippen molar-refractivity contribution in [1.82, 2.24) is 0 Å². The minimum atomic E-state index is -0.465. The van der Waals surface area contributed by atoms with E-state index in [1.807, 2.05) is 31.2 Å². The number of aliphatic hydroxyl groups excluding tert-OH is 1. The maximum Gasteiger partial charge on any atom is 0.222 e. The number of hydrogen-bond donors (Lipinski definition) is 2. The number of rotatable bonds is 4. The first kappa shape index (κ1) is 14.9. The SMILES string of the molecule is CC[C@@H](O)c1ccccc1N1CC(C(N)=O)CCC1C. The number of nitrogens with zero attached hydrogens (tertiary/aromatic N) is 1. The Labute approximate surface area is 120 Å². The lowest BCUT2D eigenvalue weighted by Gasteiger charge is -2.40. The van der Waals surface area contributed by atoms with E-state index < -0.39 is 6.10 Å². The maximum absolute atomic E-state index is 11.5. The molecule has 4 heteroatoms. The second kappa shape index (κ2) is 6.27. The average Bonchev–Trinajstić information content (AvgIpc) is 2.46. The molecule has 2 rings (SSSR count). The fourth-order valence-corrected chi connectivity index (χ4v) is 2.93. The Bertz CT molecular complexity index is 475. The topological polar surface area (TPSA) is 66.6 Å². The molecular formula is C16H24N2O2. The van der Waals surface area contributed by atoms with Crippen LogP contribution in [0.1, 0.15) is 44.8 Å². The van der Waals surface area contributed by atoms with Crippen LogP contribution in [0.2, 0.25) is 0 Å². The molecule has 0 saturated carbocycles. The Morgan fingerprint density at radius 2 is 2.15 bits per heavy atom. The summed E-state index contributed by atoms with van der Waals surface area (Å²) in [6.45, 7) is 4.77. The van der Waals surface area contributed by atoms with Gasteiger partial charge in [0, 0.05) is 23.8 Å². The summed E-state index contributed by atoms with van der Waals surface area (Å²) < 4.78 is 0. The number of anilines is 1. The molecule has 0 spiro atoms. The number of amides is 1. The van der Waals surface area contributed by atoms with Crippen LogP contribution in [0, 0.1) is 5.92 Å². The number of carbonyl (C=O) groups is 1. The third kappa shape index (κ3) is 2.96. The highest BCUT2D eigenvalue weighted by Gasteiger charge is 2.30. The van der Waals surface area contributed by atoms with Crippen molar-refractivity contribution in [2.24, 2.45) is 11.7 Å². The number of benzene rings is 1. The van der Waals surface area contributed by atoms with Crippen LogP contribution < -0.4 is 10.6 Å². The molecule has 2 unspecified atom stereocenters. The van der Waals surface area contributed by atoms with Crippen molar-refractivity contribution in [2.75, 3.05) is 11.4 Å². The Hall–Kier alpha value is -1.55. The summed E-state index contributed by atoms with van der Waals surface area (Å²) in [5.41, 5.74) is 7.43. The molecule has 1 aliphatic rings. The average molecular weight is 276 g/mol. The molecule has 3 N–H and O–H groups in total. The Morgan fingerprint density at radius 1 is 1.45 bits per heavy atom. The van der Waals surface area contributed by atoms with Gasteiger partial charge in [0.25, 0.3) is 0 Å². The second-order valence-electron chi connectivity index (χ2n) is 5.66. The molecule has 1 aromatic rings. The molecule has 1 amide bonds. The van der Waals surface area contributed by atoms with Crippen LogP contribution in [0.5, 0.6) is 0 Å². The van der Waals surface area contributed by atoms with Crippen molar-refractivity contribution in [3.8, 4) is 0 Å². The standard InChI is InChI=1S/C16H24N2O2/c1-3-15(19)13-6-4-5-7-14(13)18-10-12(16(17)20)9-8-11(18)2/h4-7,11-12,15,19H,3,8-10H2,1-2H3,(H2,17,20)/t11?,12?,15-/m1/s1. The van der Waals surface area contributed by atoms with Crippen molar-refractivity contribution in [1.29, 1.82) is 0 Å². The lowest BCUT2D eigenvalue weighted by molar-refractivity contribution is -0.122. The van der Waals surface area contributed by atoms with Crippen molar-refractivity contribution >= 4 is 11.6 Å². The smallest absolute Gasteiger partial charge is 0.222 e. The molecule has 110 valence electrons. The van der Waals surface area contributed by atoms with Gasteiger partial charge in [-0.25, -0.2) is 0 Å².